The normalized spacial score (nSPS) is 10.9. The maximum Gasteiger partial charge on any atom is 0.257 e. The molecule has 1 heterocycles. The molecule has 0 N–H and O–H groups in total. The summed E-state index contributed by atoms with van der Waals surface area (Å²) in [6.45, 7) is 1.95. The largest absolute Gasteiger partial charge is 0.491 e. The first kappa shape index (κ1) is 21.6. The molecule has 0 saturated carbocycles. The molecule has 3 rings (SSSR count). The number of carbonyl (C=O) groups is 1. The summed E-state index contributed by atoms with van der Waals surface area (Å²) in [7, 11) is 5.80. The van der Waals surface area contributed by atoms with Crippen LogP contribution in [0.3, 0.4) is 0 Å². The Bertz CT molecular complexity index is 938. The summed E-state index contributed by atoms with van der Waals surface area (Å²) in [5.74, 6) is 1.40. The molecule has 0 saturated heterocycles. The van der Waals surface area contributed by atoms with Crippen LogP contribution in [0.1, 0.15) is 22.5 Å². The molecule has 3 aromatic rings. The molecule has 6 heteroatoms. The van der Waals surface area contributed by atoms with Crippen molar-refractivity contribution in [1.82, 2.24) is 15.0 Å². The number of para-hydroxylation sites is 1. The van der Waals surface area contributed by atoms with E-state index in [-0.39, 0.29) is 5.91 Å². The number of likely N-dealkylation sites (N-methyl/N-ethyl adjacent to an activating group) is 1. The van der Waals surface area contributed by atoms with Gasteiger partial charge < -0.3 is 19.1 Å². The van der Waals surface area contributed by atoms with E-state index in [1.54, 1.807) is 4.90 Å². The molecule has 2 aromatic carbocycles. The number of hydrogen-bond donors (Lipinski definition) is 0. The van der Waals surface area contributed by atoms with Gasteiger partial charge in [0.25, 0.3) is 5.91 Å². The van der Waals surface area contributed by atoms with Crippen LogP contribution in [0.4, 0.5) is 0 Å². The lowest BCUT2D eigenvalue weighted by atomic mass is 10.1. The summed E-state index contributed by atoms with van der Waals surface area (Å²) in [6, 6.07) is 19.3. The van der Waals surface area contributed by atoms with Crippen molar-refractivity contribution in [3.05, 3.63) is 72.0 Å². The zero-order valence-corrected chi connectivity index (χ0v) is 17.9. The van der Waals surface area contributed by atoms with Crippen LogP contribution in [0.25, 0.3) is 11.3 Å². The van der Waals surface area contributed by atoms with Gasteiger partial charge in [0.1, 0.15) is 23.8 Å². The molecule has 0 bridgehead atoms. The molecule has 0 aliphatic heterocycles. The minimum atomic E-state index is -0.0435. The van der Waals surface area contributed by atoms with Gasteiger partial charge in [0, 0.05) is 38.2 Å². The fraction of sp³-hybridized carbons (Fsp3) is 0.333. The lowest BCUT2D eigenvalue weighted by Crippen LogP contribution is -2.28. The molecule has 0 aliphatic carbocycles. The molecule has 0 unspecified atom stereocenters. The molecule has 1 aromatic heterocycles. The van der Waals surface area contributed by atoms with E-state index in [1.807, 2.05) is 86.7 Å². The third-order valence-corrected chi connectivity index (χ3v) is 4.81. The Hall–Kier alpha value is -3.12. The lowest BCUT2D eigenvalue weighted by molar-refractivity contribution is 0.0788. The van der Waals surface area contributed by atoms with Gasteiger partial charge in [-0.05, 0) is 32.6 Å². The number of aryl methyl sites for hydroxylation is 1. The molecule has 1 amide bonds. The number of hydrogen-bond acceptors (Lipinski definition) is 5. The number of rotatable bonds is 10. The highest BCUT2D eigenvalue weighted by atomic mass is 16.5. The first-order chi connectivity index (χ1) is 14.5. The van der Waals surface area contributed by atoms with Crippen molar-refractivity contribution in [3.63, 3.8) is 0 Å². The number of aromatic nitrogens is 1. The van der Waals surface area contributed by atoms with E-state index in [4.69, 9.17) is 9.26 Å². The summed E-state index contributed by atoms with van der Waals surface area (Å²) < 4.78 is 11.3. The quantitative estimate of drug-likeness (QED) is 0.509. The highest BCUT2D eigenvalue weighted by Gasteiger charge is 2.17. The Kier molecular flexibility index (Phi) is 7.63. The van der Waals surface area contributed by atoms with Gasteiger partial charge >= 0.3 is 0 Å². The second kappa shape index (κ2) is 10.6. The molecule has 0 radical (unpaired) electrons. The van der Waals surface area contributed by atoms with Crippen molar-refractivity contribution in [2.24, 2.45) is 0 Å². The molecule has 0 atom stereocenters. The van der Waals surface area contributed by atoms with Crippen LogP contribution in [0, 0.1) is 0 Å². The number of ether oxygens (including phenoxy) is 1. The Morgan fingerprint density at radius 1 is 1.00 bits per heavy atom. The minimum absolute atomic E-state index is 0.0435. The van der Waals surface area contributed by atoms with Crippen molar-refractivity contribution >= 4 is 5.91 Å². The Morgan fingerprint density at radius 2 is 1.73 bits per heavy atom. The van der Waals surface area contributed by atoms with E-state index < -0.39 is 0 Å². The molecule has 0 spiro atoms. The number of nitrogens with zero attached hydrogens (tertiary/aromatic N) is 3. The first-order valence-corrected chi connectivity index (χ1v) is 10.2. The van der Waals surface area contributed by atoms with Crippen LogP contribution in [0.15, 0.2) is 65.2 Å². The van der Waals surface area contributed by atoms with E-state index >= 15 is 0 Å². The van der Waals surface area contributed by atoms with Gasteiger partial charge in [0.15, 0.2) is 0 Å². The smallest absolute Gasteiger partial charge is 0.257 e. The zero-order chi connectivity index (χ0) is 21.3. The Balaban J connectivity index is 1.52. The summed E-state index contributed by atoms with van der Waals surface area (Å²) >= 11 is 0. The second-order valence-electron chi connectivity index (χ2n) is 7.52. The Morgan fingerprint density at radius 3 is 2.50 bits per heavy atom. The first-order valence-electron chi connectivity index (χ1n) is 10.2. The minimum Gasteiger partial charge on any atom is -0.491 e. The molecule has 0 aliphatic rings. The highest BCUT2D eigenvalue weighted by molar-refractivity contribution is 5.96. The molecule has 6 nitrogen and oxygen atoms in total. The number of amides is 1. The van der Waals surface area contributed by atoms with Gasteiger partial charge in [0.2, 0.25) is 0 Å². The van der Waals surface area contributed by atoms with Crippen LogP contribution < -0.4 is 4.74 Å². The standard InChI is InChI=1S/C24H29N3O3/c1-26(2)16-17-29-23-14-8-7-13-21(23)24(28)27(3)15-9-12-20-18-22(25-30-20)19-10-5-4-6-11-19/h4-8,10-11,13-14,18H,9,12,15-17H2,1-3H3. The third kappa shape index (κ3) is 5.94. The number of benzene rings is 2. The molecule has 0 fully saturated rings. The summed E-state index contributed by atoms with van der Waals surface area (Å²) in [5, 5.41) is 4.14. The van der Waals surface area contributed by atoms with Crippen molar-refractivity contribution in [1.29, 1.82) is 0 Å². The highest BCUT2D eigenvalue weighted by Crippen LogP contribution is 2.21. The van der Waals surface area contributed by atoms with Crippen LogP contribution >= 0.6 is 0 Å². The zero-order valence-electron chi connectivity index (χ0n) is 17.9. The fourth-order valence-corrected chi connectivity index (χ4v) is 3.08. The van der Waals surface area contributed by atoms with Gasteiger partial charge in [-0.2, -0.15) is 0 Å². The van der Waals surface area contributed by atoms with Crippen molar-refractivity contribution in [3.8, 4) is 17.0 Å². The van der Waals surface area contributed by atoms with Gasteiger partial charge in [-0.15, -0.1) is 0 Å². The van der Waals surface area contributed by atoms with Crippen LogP contribution in [0.5, 0.6) is 5.75 Å². The van der Waals surface area contributed by atoms with E-state index in [9.17, 15) is 4.79 Å². The van der Waals surface area contributed by atoms with E-state index in [1.165, 1.54) is 0 Å². The second-order valence-corrected chi connectivity index (χ2v) is 7.52. The fourth-order valence-electron chi connectivity index (χ4n) is 3.08. The third-order valence-electron chi connectivity index (χ3n) is 4.81. The molecular weight excluding hydrogens is 378 g/mol. The predicted molar refractivity (Wildman–Crippen MR) is 118 cm³/mol. The predicted octanol–water partition coefficient (Wildman–Crippen LogP) is 3.99. The van der Waals surface area contributed by atoms with Gasteiger partial charge in [-0.1, -0.05) is 47.6 Å². The maximum absolute atomic E-state index is 12.9. The molecule has 158 valence electrons. The Labute approximate surface area is 178 Å². The maximum atomic E-state index is 12.9. The SMILES string of the molecule is CN(C)CCOc1ccccc1C(=O)N(C)CCCc1cc(-c2ccccc2)no1. The van der Waals surface area contributed by atoms with Crippen LogP contribution in [0.2, 0.25) is 0 Å². The topological polar surface area (TPSA) is 58.8 Å². The van der Waals surface area contributed by atoms with Gasteiger partial charge in [0.05, 0.1) is 5.56 Å². The molecule has 30 heavy (non-hydrogen) atoms. The van der Waals surface area contributed by atoms with Gasteiger partial charge in [-0.25, -0.2) is 0 Å². The molecular formula is C24H29N3O3. The van der Waals surface area contributed by atoms with E-state index in [2.05, 4.69) is 5.16 Å². The van der Waals surface area contributed by atoms with Crippen LogP contribution in [-0.2, 0) is 6.42 Å². The summed E-state index contributed by atoms with van der Waals surface area (Å²) in [5.41, 5.74) is 2.45. The average Bonchev–Trinajstić information content (AvgIpc) is 3.23. The van der Waals surface area contributed by atoms with Crippen LogP contribution in [-0.4, -0.2) is 61.7 Å². The van der Waals surface area contributed by atoms with Gasteiger partial charge in [-0.3, -0.25) is 4.79 Å². The summed E-state index contributed by atoms with van der Waals surface area (Å²) in [6.07, 6.45) is 1.51. The van der Waals surface area contributed by atoms with E-state index in [0.29, 0.717) is 24.5 Å². The average molecular weight is 408 g/mol. The summed E-state index contributed by atoms with van der Waals surface area (Å²) in [4.78, 5) is 16.7. The van der Waals surface area contributed by atoms with Crippen molar-refractivity contribution in [2.75, 3.05) is 40.8 Å². The van der Waals surface area contributed by atoms with Crippen molar-refractivity contribution in [2.45, 2.75) is 12.8 Å². The lowest BCUT2D eigenvalue weighted by Gasteiger charge is -2.19. The monoisotopic (exact) mass is 407 g/mol. The van der Waals surface area contributed by atoms with Crippen molar-refractivity contribution < 1.29 is 14.1 Å². The number of carbonyl (C=O) groups excluding carboxylic acids is 1. The van der Waals surface area contributed by atoms with E-state index in [0.717, 1.165) is 36.4 Å².